The molecule has 1 aliphatic rings. The fraction of sp³-hybridized carbons (Fsp3) is 0.643. The van der Waals surface area contributed by atoms with E-state index in [1.807, 2.05) is 5.48 Å². The first-order chi connectivity index (χ1) is 10.3. The molecule has 0 aromatic carbocycles. The maximum atomic E-state index is 11.8. The van der Waals surface area contributed by atoms with Crippen LogP contribution in [0.1, 0.15) is 39.8 Å². The smallest absolute Gasteiger partial charge is 0.351 e. The summed E-state index contributed by atoms with van der Waals surface area (Å²) in [6.45, 7) is 5.53. The van der Waals surface area contributed by atoms with Crippen LogP contribution in [-0.2, 0) is 14.3 Å². The molecule has 1 fully saturated rings. The summed E-state index contributed by atoms with van der Waals surface area (Å²) in [7, 11) is 0. The van der Waals surface area contributed by atoms with Gasteiger partial charge in [0, 0.05) is 6.20 Å². The van der Waals surface area contributed by atoms with Gasteiger partial charge in [-0.1, -0.05) is 0 Å². The quantitative estimate of drug-likeness (QED) is 0.638. The number of hydrogen-bond donors (Lipinski definition) is 2. The Kier molecular flexibility index (Phi) is 4.82. The lowest BCUT2D eigenvalue weighted by molar-refractivity contribution is -0.157. The molecule has 2 unspecified atom stereocenters. The Morgan fingerprint density at radius 3 is 2.86 bits per heavy atom. The minimum absolute atomic E-state index is 0.0786. The van der Waals surface area contributed by atoms with Gasteiger partial charge in [-0.05, 0) is 39.7 Å². The van der Waals surface area contributed by atoms with E-state index in [0.29, 0.717) is 12.8 Å². The Morgan fingerprint density at radius 2 is 2.27 bits per heavy atom. The average Bonchev–Trinajstić information content (AvgIpc) is 2.92. The minimum Gasteiger partial charge on any atom is -0.463 e. The molecule has 122 valence electrons. The Labute approximate surface area is 128 Å². The average molecular weight is 311 g/mol. The monoisotopic (exact) mass is 311 g/mol. The number of anilines is 1. The highest BCUT2D eigenvalue weighted by molar-refractivity contribution is 5.75. The molecule has 2 N–H and O–H groups in total. The van der Waals surface area contributed by atoms with E-state index < -0.39 is 17.3 Å². The van der Waals surface area contributed by atoms with Crippen LogP contribution in [0.4, 0.5) is 5.82 Å². The van der Waals surface area contributed by atoms with Crippen molar-refractivity contribution in [2.45, 2.75) is 45.9 Å². The minimum atomic E-state index is -0.550. The summed E-state index contributed by atoms with van der Waals surface area (Å²) in [6.07, 6.45) is 2.15. The van der Waals surface area contributed by atoms with E-state index in [-0.39, 0.29) is 24.5 Å². The molecule has 1 saturated heterocycles. The van der Waals surface area contributed by atoms with Crippen molar-refractivity contribution in [3.63, 3.8) is 0 Å². The van der Waals surface area contributed by atoms with E-state index >= 15 is 0 Å². The zero-order chi connectivity index (χ0) is 16.3. The summed E-state index contributed by atoms with van der Waals surface area (Å²) in [6, 6.07) is 1.47. The number of nitrogens with zero attached hydrogens (tertiary/aromatic N) is 2. The first-order valence-electron chi connectivity index (χ1n) is 7.13. The molecule has 0 bridgehead atoms. The first kappa shape index (κ1) is 16.4. The number of aromatic nitrogens is 2. The highest BCUT2D eigenvalue weighted by Gasteiger charge is 2.30. The van der Waals surface area contributed by atoms with Crippen molar-refractivity contribution in [2.75, 3.05) is 12.1 Å². The highest BCUT2D eigenvalue weighted by atomic mass is 16.6. The van der Waals surface area contributed by atoms with Crippen LogP contribution < -0.4 is 11.2 Å². The Morgan fingerprint density at radius 1 is 1.55 bits per heavy atom. The van der Waals surface area contributed by atoms with Gasteiger partial charge in [0.2, 0.25) is 0 Å². The molecule has 22 heavy (non-hydrogen) atoms. The van der Waals surface area contributed by atoms with E-state index in [9.17, 15) is 9.59 Å². The number of carbonyl (C=O) groups excluding carboxylic acids is 1. The Bertz CT molecular complexity index is 593. The number of hydrogen-bond acceptors (Lipinski definition) is 7. The lowest BCUT2D eigenvalue weighted by atomic mass is 9.97. The second-order valence-electron chi connectivity index (χ2n) is 6.25. The number of carbonyl (C=O) groups is 1. The van der Waals surface area contributed by atoms with E-state index in [1.165, 1.54) is 16.8 Å². The van der Waals surface area contributed by atoms with Crippen molar-refractivity contribution in [1.29, 1.82) is 0 Å². The normalized spacial score (nSPS) is 21.6. The van der Waals surface area contributed by atoms with Crippen molar-refractivity contribution in [3.8, 4) is 0 Å². The van der Waals surface area contributed by atoms with Gasteiger partial charge < -0.3 is 9.47 Å². The third kappa shape index (κ3) is 3.83. The van der Waals surface area contributed by atoms with Crippen molar-refractivity contribution < 1.29 is 19.5 Å². The molecule has 0 saturated carbocycles. The molecule has 2 atom stereocenters. The summed E-state index contributed by atoms with van der Waals surface area (Å²) >= 11 is 0. The standard InChI is InChI=1S/C14H21N3O5/c1-14(2,3)12(18)21-8-9-4-5-11(22-9)17-7-6-10(16-20)15-13(17)19/h6-7,9,11,20H,4-5,8H2,1-3H3,(H,15,16,19). The van der Waals surface area contributed by atoms with Crippen LogP contribution in [0.2, 0.25) is 0 Å². The van der Waals surface area contributed by atoms with Gasteiger partial charge >= 0.3 is 11.7 Å². The SMILES string of the molecule is CC(C)(C)C(=O)OCC1CCC(n2ccc(NO)nc2=O)O1. The zero-order valence-corrected chi connectivity index (χ0v) is 12.9. The van der Waals surface area contributed by atoms with Crippen LogP contribution in [0.5, 0.6) is 0 Å². The number of nitrogens with one attached hydrogen (secondary N) is 1. The second-order valence-corrected chi connectivity index (χ2v) is 6.25. The first-order valence-corrected chi connectivity index (χ1v) is 7.13. The molecule has 0 aliphatic carbocycles. The topological polar surface area (TPSA) is 103 Å². The predicted molar refractivity (Wildman–Crippen MR) is 77.5 cm³/mol. The molecule has 1 aliphatic heterocycles. The number of rotatable bonds is 4. The van der Waals surface area contributed by atoms with Gasteiger partial charge in [0.15, 0.2) is 5.82 Å². The Hall–Kier alpha value is -1.93. The van der Waals surface area contributed by atoms with Crippen LogP contribution >= 0.6 is 0 Å². The largest absolute Gasteiger partial charge is 0.463 e. The number of ether oxygens (including phenoxy) is 2. The lowest BCUT2D eigenvalue weighted by Crippen LogP contribution is -2.29. The third-order valence-corrected chi connectivity index (χ3v) is 3.35. The van der Waals surface area contributed by atoms with Crippen LogP contribution in [-0.4, -0.2) is 33.4 Å². The van der Waals surface area contributed by atoms with E-state index in [1.54, 1.807) is 20.8 Å². The summed E-state index contributed by atoms with van der Waals surface area (Å²) < 4.78 is 12.3. The summed E-state index contributed by atoms with van der Waals surface area (Å²) in [5, 5.41) is 8.71. The molecule has 8 nitrogen and oxygen atoms in total. The molecule has 1 aromatic heterocycles. The molecule has 8 heteroatoms. The fourth-order valence-corrected chi connectivity index (χ4v) is 2.09. The third-order valence-electron chi connectivity index (χ3n) is 3.35. The van der Waals surface area contributed by atoms with Crippen molar-refractivity contribution >= 4 is 11.8 Å². The molecule has 2 rings (SSSR count). The predicted octanol–water partition coefficient (Wildman–Crippen LogP) is 1.31. The number of esters is 1. The van der Waals surface area contributed by atoms with Gasteiger partial charge in [0.1, 0.15) is 12.8 Å². The van der Waals surface area contributed by atoms with Crippen LogP contribution in [0.3, 0.4) is 0 Å². The molecule has 1 aromatic rings. The van der Waals surface area contributed by atoms with E-state index in [0.717, 1.165) is 0 Å². The zero-order valence-electron chi connectivity index (χ0n) is 12.9. The van der Waals surface area contributed by atoms with Crippen LogP contribution in [0.15, 0.2) is 17.1 Å². The second kappa shape index (κ2) is 6.45. The maximum absolute atomic E-state index is 11.8. The van der Waals surface area contributed by atoms with Crippen LogP contribution in [0, 0.1) is 5.41 Å². The lowest BCUT2D eigenvalue weighted by Gasteiger charge is -2.19. The van der Waals surface area contributed by atoms with Gasteiger partial charge in [0.05, 0.1) is 11.5 Å². The molecular weight excluding hydrogens is 290 g/mol. The fourth-order valence-electron chi connectivity index (χ4n) is 2.09. The summed E-state index contributed by atoms with van der Waals surface area (Å²) in [4.78, 5) is 27.2. The van der Waals surface area contributed by atoms with Gasteiger partial charge in [-0.3, -0.25) is 20.0 Å². The highest BCUT2D eigenvalue weighted by Crippen LogP contribution is 2.28. The molecule has 2 heterocycles. The van der Waals surface area contributed by atoms with Crippen molar-refractivity contribution in [1.82, 2.24) is 9.55 Å². The van der Waals surface area contributed by atoms with Gasteiger partial charge in [-0.25, -0.2) is 4.79 Å². The van der Waals surface area contributed by atoms with Gasteiger partial charge in [-0.2, -0.15) is 4.98 Å². The Balaban J connectivity index is 1.93. The van der Waals surface area contributed by atoms with E-state index in [4.69, 9.17) is 14.7 Å². The van der Waals surface area contributed by atoms with Crippen molar-refractivity contribution in [2.24, 2.45) is 5.41 Å². The summed E-state index contributed by atoms with van der Waals surface area (Å²) in [5.41, 5.74) is 0.752. The molecule has 0 amide bonds. The molecular formula is C14H21N3O5. The maximum Gasteiger partial charge on any atom is 0.351 e. The van der Waals surface area contributed by atoms with Gasteiger partial charge in [-0.15, -0.1) is 0 Å². The van der Waals surface area contributed by atoms with Crippen LogP contribution in [0.25, 0.3) is 0 Å². The van der Waals surface area contributed by atoms with Crippen molar-refractivity contribution in [3.05, 3.63) is 22.7 Å². The summed E-state index contributed by atoms with van der Waals surface area (Å²) in [5.74, 6) is -0.202. The molecule has 0 spiro atoms. The van der Waals surface area contributed by atoms with Gasteiger partial charge in [0.25, 0.3) is 0 Å². The van der Waals surface area contributed by atoms with E-state index in [2.05, 4.69) is 4.98 Å². The molecule has 0 radical (unpaired) electrons.